The summed E-state index contributed by atoms with van der Waals surface area (Å²) in [5.74, 6) is 0.701. The van der Waals surface area contributed by atoms with Gasteiger partial charge < -0.3 is 10.6 Å². The molecule has 0 spiro atoms. The number of hydrogen-bond acceptors (Lipinski definition) is 3. The fraction of sp³-hybridized carbons (Fsp3) is 0.278. The van der Waals surface area contributed by atoms with Crippen molar-refractivity contribution in [1.29, 1.82) is 0 Å². The Hall–Kier alpha value is -2.38. The summed E-state index contributed by atoms with van der Waals surface area (Å²) in [6.45, 7) is 4.71. The van der Waals surface area contributed by atoms with Crippen LogP contribution in [0.25, 0.3) is 0 Å². The van der Waals surface area contributed by atoms with E-state index in [0.29, 0.717) is 17.5 Å². The highest BCUT2D eigenvalue weighted by atomic mass is 35.5. The lowest BCUT2D eigenvalue weighted by Crippen LogP contribution is -2.31. The van der Waals surface area contributed by atoms with Gasteiger partial charge in [0.05, 0.1) is 18.3 Å². The largest absolute Gasteiger partial charge is 0.356 e. The van der Waals surface area contributed by atoms with Crippen LogP contribution in [0.1, 0.15) is 29.8 Å². The summed E-state index contributed by atoms with van der Waals surface area (Å²) in [7, 11) is 1.91. The van der Waals surface area contributed by atoms with Crippen molar-refractivity contribution in [2.45, 2.75) is 26.4 Å². The molecular weight excluding hydrogens is 368 g/mol. The molecule has 0 saturated carbocycles. The molecule has 1 atom stereocenters. The van der Waals surface area contributed by atoms with Gasteiger partial charge in [0, 0.05) is 36.1 Å². The summed E-state index contributed by atoms with van der Waals surface area (Å²) in [6, 6.07) is 9.67. The van der Waals surface area contributed by atoms with E-state index in [2.05, 4.69) is 27.8 Å². The summed E-state index contributed by atoms with van der Waals surface area (Å²) in [6.07, 6.45) is 3.91. The SMILES string of the molecule is Cc1nn(C)cc1C(C)NC(=S)Nc1ccn(Cc2ccc(Cl)cc2)n1. The zero-order valence-corrected chi connectivity index (χ0v) is 16.5. The van der Waals surface area contributed by atoms with Gasteiger partial charge in [0.25, 0.3) is 0 Å². The summed E-state index contributed by atoms with van der Waals surface area (Å²) in [5, 5.41) is 16.5. The Kier molecular flexibility index (Phi) is 5.58. The lowest BCUT2D eigenvalue weighted by atomic mass is 10.1. The van der Waals surface area contributed by atoms with Gasteiger partial charge in [-0.15, -0.1) is 0 Å². The quantitative estimate of drug-likeness (QED) is 0.653. The van der Waals surface area contributed by atoms with E-state index in [9.17, 15) is 0 Å². The van der Waals surface area contributed by atoms with Crippen LogP contribution >= 0.6 is 23.8 Å². The summed E-state index contributed by atoms with van der Waals surface area (Å²) in [5.41, 5.74) is 3.23. The fourth-order valence-electron chi connectivity index (χ4n) is 2.76. The Labute approximate surface area is 163 Å². The average molecular weight is 389 g/mol. The molecule has 2 aromatic heterocycles. The minimum Gasteiger partial charge on any atom is -0.356 e. The normalized spacial score (nSPS) is 12.0. The van der Waals surface area contributed by atoms with Crippen molar-refractivity contribution in [3.05, 3.63) is 64.6 Å². The second-order valence-corrected chi connectivity index (χ2v) is 7.03. The monoisotopic (exact) mass is 388 g/mol. The molecule has 0 amide bonds. The number of aryl methyl sites for hydroxylation is 2. The van der Waals surface area contributed by atoms with E-state index >= 15 is 0 Å². The first kappa shape index (κ1) is 18.4. The molecule has 1 unspecified atom stereocenters. The van der Waals surface area contributed by atoms with Crippen molar-refractivity contribution in [1.82, 2.24) is 24.9 Å². The molecule has 2 heterocycles. The molecule has 0 aliphatic rings. The number of aromatic nitrogens is 4. The molecule has 6 nitrogen and oxygen atoms in total. The van der Waals surface area contributed by atoms with E-state index in [1.165, 1.54) is 0 Å². The highest BCUT2D eigenvalue weighted by molar-refractivity contribution is 7.80. The van der Waals surface area contributed by atoms with E-state index < -0.39 is 0 Å². The van der Waals surface area contributed by atoms with E-state index in [4.69, 9.17) is 23.8 Å². The van der Waals surface area contributed by atoms with Crippen LogP contribution in [-0.2, 0) is 13.6 Å². The van der Waals surface area contributed by atoms with Gasteiger partial charge in [-0.05, 0) is 43.8 Å². The lowest BCUT2D eigenvalue weighted by molar-refractivity contribution is 0.688. The minimum atomic E-state index is 0.0554. The highest BCUT2D eigenvalue weighted by Gasteiger charge is 2.13. The third kappa shape index (κ3) is 4.62. The van der Waals surface area contributed by atoms with Crippen LogP contribution in [0.2, 0.25) is 5.02 Å². The van der Waals surface area contributed by atoms with Gasteiger partial charge >= 0.3 is 0 Å². The Bertz CT molecular complexity index is 899. The third-order valence-corrected chi connectivity index (χ3v) is 4.48. The molecule has 0 aliphatic carbocycles. The predicted molar refractivity (Wildman–Crippen MR) is 108 cm³/mol. The van der Waals surface area contributed by atoms with Gasteiger partial charge in [0.1, 0.15) is 0 Å². The summed E-state index contributed by atoms with van der Waals surface area (Å²) < 4.78 is 3.65. The highest BCUT2D eigenvalue weighted by Crippen LogP contribution is 2.16. The van der Waals surface area contributed by atoms with Crippen molar-refractivity contribution in [2.75, 3.05) is 5.32 Å². The number of nitrogens with one attached hydrogen (secondary N) is 2. The number of rotatable bonds is 5. The molecule has 136 valence electrons. The third-order valence-electron chi connectivity index (χ3n) is 4.01. The van der Waals surface area contributed by atoms with Gasteiger partial charge in [0.2, 0.25) is 0 Å². The number of halogens is 1. The van der Waals surface area contributed by atoms with E-state index in [1.54, 1.807) is 4.68 Å². The smallest absolute Gasteiger partial charge is 0.172 e. The van der Waals surface area contributed by atoms with Crippen molar-refractivity contribution in [2.24, 2.45) is 7.05 Å². The average Bonchev–Trinajstić information content (AvgIpc) is 3.15. The van der Waals surface area contributed by atoms with Crippen LogP contribution in [0.3, 0.4) is 0 Å². The molecule has 0 bridgehead atoms. The molecule has 3 aromatic rings. The predicted octanol–water partition coefficient (Wildman–Crippen LogP) is 3.67. The maximum Gasteiger partial charge on any atom is 0.172 e. The Morgan fingerprint density at radius 2 is 1.96 bits per heavy atom. The minimum absolute atomic E-state index is 0.0554. The standard InChI is InChI=1S/C18H21ClN6S/c1-12(16-11-24(3)22-13(16)2)20-18(26)21-17-8-9-25(23-17)10-14-4-6-15(19)7-5-14/h4-9,11-12H,10H2,1-3H3,(H2,20,21,23,26). The summed E-state index contributed by atoms with van der Waals surface area (Å²) >= 11 is 11.3. The molecule has 0 aliphatic heterocycles. The Balaban J connectivity index is 1.57. The maximum atomic E-state index is 5.91. The fourth-order valence-corrected chi connectivity index (χ4v) is 3.17. The van der Waals surface area contributed by atoms with Crippen LogP contribution in [0.4, 0.5) is 5.82 Å². The first-order chi connectivity index (χ1) is 12.4. The molecule has 0 saturated heterocycles. The number of thiocarbonyl (C=S) groups is 1. The lowest BCUT2D eigenvalue weighted by Gasteiger charge is -2.15. The molecular formula is C18H21ClN6S. The van der Waals surface area contributed by atoms with Crippen LogP contribution in [0.15, 0.2) is 42.7 Å². The summed E-state index contributed by atoms with van der Waals surface area (Å²) in [4.78, 5) is 0. The van der Waals surface area contributed by atoms with Gasteiger partial charge in [0.15, 0.2) is 10.9 Å². The van der Waals surface area contributed by atoms with Gasteiger partial charge in [-0.3, -0.25) is 9.36 Å². The van der Waals surface area contributed by atoms with Crippen LogP contribution in [0.5, 0.6) is 0 Å². The van der Waals surface area contributed by atoms with Crippen molar-refractivity contribution < 1.29 is 0 Å². The second kappa shape index (κ2) is 7.88. The van der Waals surface area contributed by atoms with Crippen LogP contribution in [-0.4, -0.2) is 24.7 Å². The van der Waals surface area contributed by atoms with Crippen molar-refractivity contribution in [3.63, 3.8) is 0 Å². The van der Waals surface area contributed by atoms with Crippen molar-refractivity contribution >= 4 is 34.7 Å². The van der Waals surface area contributed by atoms with Gasteiger partial charge in [-0.25, -0.2) is 0 Å². The molecule has 2 N–H and O–H groups in total. The van der Waals surface area contributed by atoms with E-state index in [0.717, 1.165) is 21.8 Å². The Morgan fingerprint density at radius 1 is 1.23 bits per heavy atom. The maximum absolute atomic E-state index is 5.91. The molecule has 1 aromatic carbocycles. The van der Waals surface area contributed by atoms with E-state index in [1.807, 2.05) is 61.4 Å². The molecule has 0 fully saturated rings. The van der Waals surface area contributed by atoms with Crippen LogP contribution < -0.4 is 10.6 Å². The number of hydrogen-bond donors (Lipinski definition) is 2. The van der Waals surface area contributed by atoms with Gasteiger partial charge in [-0.2, -0.15) is 10.2 Å². The Morgan fingerprint density at radius 3 is 2.62 bits per heavy atom. The van der Waals surface area contributed by atoms with Crippen LogP contribution in [0, 0.1) is 6.92 Å². The number of benzene rings is 1. The molecule has 26 heavy (non-hydrogen) atoms. The first-order valence-corrected chi connectivity index (χ1v) is 9.05. The van der Waals surface area contributed by atoms with Gasteiger partial charge in [-0.1, -0.05) is 23.7 Å². The zero-order chi connectivity index (χ0) is 18.7. The zero-order valence-electron chi connectivity index (χ0n) is 14.9. The molecule has 0 radical (unpaired) electrons. The van der Waals surface area contributed by atoms with E-state index in [-0.39, 0.29) is 6.04 Å². The molecule has 3 rings (SSSR count). The van der Waals surface area contributed by atoms with Crippen molar-refractivity contribution in [3.8, 4) is 0 Å². The topological polar surface area (TPSA) is 59.7 Å². The second-order valence-electron chi connectivity index (χ2n) is 6.19. The molecule has 8 heteroatoms. The first-order valence-electron chi connectivity index (χ1n) is 8.26. The number of nitrogens with zero attached hydrogens (tertiary/aromatic N) is 4. The number of anilines is 1.